The number of carbonyl (C=O) groups excluding carboxylic acids is 1. The zero-order chi connectivity index (χ0) is 28.6. The van der Waals surface area contributed by atoms with Crippen molar-refractivity contribution >= 4 is 24.7 Å². The Morgan fingerprint density at radius 2 is 1.49 bits per heavy atom. The summed E-state index contributed by atoms with van der Waals surface area (Å²) in [4.78, 5) is 40.6. The second kappa shape index (κ2) is 10.7. The summed E-state index contributed by atoms with van der Waals surface area (Å²) >= 11 is 0. The van der Waals surface area contributed by atoms with Crippen LogP contribution in [0.15, 0.2) is 76.4 Å². The molecule has 8 nitrogen and oxygen atoms in total. The highest BCUT2D eigenvalue weighted by molar-refractivity contribution is 6.99. The number of carbonyl (C=O) groups is 1. The van der Waals surface area contributed by atoms with Crippen LogP contribution >= 0.6 is 0 Å². The molecule has 0 spiro atoms. The first kappa shape index (κ1) is 28.7. The molecule has 2 heterocycles. The third-order valence-electron chi connectivity index (χ3n) is 6.92. The van der Waals surface area contributed by atoms with Crippen LogP contribution in [0.2, 0.25) is 5.04 Å². The summed E-state index contributed by atoms with van der Waals surface area (Å²) in [6, 6.07) is 20.2. The van der Waals surface area contributed by atoms with Crippen molar-refractivity contribution in [3.05, 3.63) is 93.3 Å². The molecule has 9 heteroatoms. The zero-order valence-corrected chi connectivity index (χ0v) is 24.7. The standard InChI is InChI=1S/C30H38N2O6Si/c1-20-19-32(28(35)31-26(20)33)24-18-23(25(36-24)27(34)37-29(2,3)4)38-39(30(5,6)7,21-14-10-8-11-15-21)22-16-12-9-13-17-22/h8-17,19,23-25H,18H2,1-7H3,(H,31,33,35)/t23-,24+,25-/m0/s1. The molecule has 39 heavy (non-hydrogen) atoms. The van der Waals surface area contributed by atoms with E-state index in [1.807, 2.05) is 36.4 Å². The van der Waals surface area contributed by atoms with Crippen LogP contribution in [0.1, 0.15) is 59.8 Å². The van der Waals surface area contributed by atoms with Crippen molar-refractivity contribution in [2.24, 2.45) is 0 Å². The average molecular weight is 551 g/mol. The van der Waals surface area contributed by atoms with E-state index < -0.39 is 49.6 Å². The Bertz CT molecular complexity index is 1380. The van der Waals surface area contributed by atoms with Crippen molar-refractivity contribution in [2.75, 3.05) is 0 Å². The minimum absolute atomic E-state index is 0.222. The minimum atomic E-state index is -3.06. The van der Waals surface area contributed by atoms with Gasteiger partial charge in [-0.15, -0.1) is 0 Å². The molecule has 0 amide bonds. The lowest BCUT2D eigenvalue weighted by Gasteiger charge is -2.45. The minimum Gasteiger partial charge on any atom is -0.458 e. The lowest BCUT2D eigenvalue weighted by molar-refractivity contribution is -0.173. The van der Waals surface area contributed by atoms with E-state index in [1.165, 1.54) is 10.8 Å². The Balaban J connectivity index is 1.86. The topological polar surface area (TPSA) is 99.6 Å². The van der Waals surface area contributed by atoms with Crippen LogP contribution in [-0.2, 0) is 18.7 Å². The van der Waals surface area contributed by atoms with Crippen molar-refractivity contribution in [1.29, 1.82) is 0 Å². The van der Waals surface area contributed by atoms with Gasteiger partial charge >= 0.3 is 11.7 Å². The van der Waals surface area contributed by atoms with Crippen LogP contribution in [0.3, 0.4) is 0 Å². The van der Waals surface area contributed by atoms with E-state index in [0.29, 0.717) is 5.56 Å². The molecule has 3 atom stereocenters. The van der Waals surface area contributed by atoms with Crippen molar-refractivity contribution in [1.82, 2.24) is 9.55 Å². The number of aryl methyl sites for hydroxylation is 1. The molecule has 1 aromatic heterocycles. The number of hydrogen-bond acceptors (Lipinski definition) is 6. The lowest BCUT2D eigenvalue weighted by atomic mass is 10.1. The average Bonchev–Trinajstić information content (AvgIpc) is 3.28. The molecule has 2 aromatic carbocycles. The second-order valence-corrected chi connectivity index (χ2v) is 16.3. The summed E-state index contributed by atoms with van der Waals surface area (Å²) in [6.07, 6.45) is -0.928. The smallest absolute Gasteiger partial charge is 0.338 e. The van der Waals surface area contributed by atoms with Gasteiger partial charge in [0, 0.05) is 18.2 Å². The molecule has 4 rings (SSSR count). The van der Waals surface area contributed by atoms with Crippen molar-refractivity contribution in [2.45, 2.75) is 84.0 Å². The van der Waals surface area contributed by atoms with E-state index in [1.54, 1.807) is 27.7 Å². The number of nitrogens with one attached hydrogen (secondary N) is 1. The maximum Gasteiger partial charge on any atom is 0.338 e. The first-order chi connectivity index (χ1) is 18.2. The number of rotatable bonds is 6. The molecule has 1 saturated heterocycles. The van der Waals surface area contributed by atoms with Gasteiger partial charge in [0.15, 0.2) is 6.10 Å². The summed E-state index contributed by atoms with van der Waals surface area (Å²) < 4.78 is 20.6. The number of H-pyrrole nitrogens is 1. The molecule has 3 aromatic rings. The van der Waals surface area contributed by atoms with E-state index in [0.717, 1.165) is 10.4 Å². The van der Waals surface area contributed by atoms with Gasteiger partial charge in [-0.1, -0.05) is 81.4 Å². The van der Waals surface area contributed by atoms with E-state index in [9.17, 15) is 14.4 Å². The van der Waals surface area contributed by atoms with E-state index in [4.69, 9.17) is 13.9 Å². The third-order valence-corrected chi connectivity index (χ3v) is 12.0. The Labute approximate surface area is 230 Å². The predicted molar refractivity (Wildman–Crippen MR) is 153 cm³/mol. The first-order valence-corrected chi connectivity index (χ1v) is 15.1. The number of aromatic amines is 1. The predicted octanol–water partition coefficient (Wildman–Crippen LogP) is 3.42. The molecule has 1 fully saturated rings. The van der Waals surface area contributed by atoms with Crippen LogP contribution < -0.4 is 21.6 Å². The van der Waals surface area contributed by atoms with Crippen LogP contribution in [0.4, 0.5) is 0 Å². The lowest BCUT2D eigenvalue weighted by Crippen LogP contribution is -2.68. The fraction of sp³-hybridized carbons (Fsp3) is 0.433. The third kappa shape index (κ3) is 5.85. The van der Waals surface area contributed by atoms with Gasteiger partial charge in [0.25, 0.3) is 13.9 Å². The normalized spacial score (nSPS) is 20.1. The molecule has 1 aliphatic heterocycles. The van der Waals surface area contributed by atoms with Gasteiger partial charge in [-0.05, 0) is 43.1 Å². The molecule has 1 aliphatic rings. The van der Waals surface area contributed by atoms with Crippen LogP contribution in [0.5, 0.6) is 0 Å². The Morgan fingerprint density at radius 1 is 0.949 bits per heavy atom. The number of hydrogen-bond donors (Lipinski definition) is 1. The number of esters is 1. The molecule has 0 aliphatic carbocycles. The fourth-order valence-corrected chi connectivity index (χ4v) is 9.90. The van der Waals surface area contributed by atoms with E-state index in [2.05, 4.69) is 50.0 Å². The summed E-state index contributed by atoms with van der Waals surface area (Å²) in [5.41, 5.74) is -1.45. The highest BCUT2D eigenvalue weighted by Gasteiger charge is 2.55. The highest BCUT2D eigenvalue weighted by Crippen LogP contribution is 2.41. The SMILES string of the molecule is Cc1cn([C@H]2C[C@H](O[Si](c3ccccc3)(c3ccccc3)C(C)(C)C)[C@@H](C(=O)OC(C)(C)C)O2)c(=O)[nH]c1=O. The van der Waals surface area contributed by atoms with Gasteiger partial charge in [-0.3, -0.25) is 14.3 Å². The van der Waals surface area contributed by atoms with Crippen molar-refractivity contribution in [3.63, 3.8) is 0 Å². The van der Waals surface area contributed by atoms with Crippen LogP contribution in [-0.4, -0.2) is 41.6 Å². The molecule has 0 bridgehead atoms. The molecule has 1 N–H and O–H groups in total. The van der Waals surface area contributed by atoms with Gasteiger partial charge in [0.2, 0.25) is 0 Å². The Kier molecular flexibility index (Phi) is 7.89. The molecule has 0 unspecified atom stereocenters. The van der Waals surface area contributed by atoms with Crippen LogP contribution in [0.25, 0.3) is 0 Å². The van der Waals surface area contributed by atoms with Gasteiger partial charge in [0.1, 0.15) is 11.8 Å². The van der Waals surface area contributed by atoms with Gasteiger partial charge in [-0.25, -0.2) is 9.59 Å². The quantitative estimate of drug-likeness (QED) is 0.373. The molecular formula is C30H38N2O6Si. The first-order valence-electron chi connectivity index (χ1n) is 13.2. The summed E-state index contributed by atoms with van der Waals surface area (Å²) in [6.45, 7) is 13.5. The number of benzene rings is 2. The maximum absolute atomic E-state index is 13.5. The molecular weight excluding hydrogens is 512 g/mol. The molecule has 0 radical (unpaired) electrons. The second-order valence-electron chi connectivity index (χ2n) is 12.1. The highest BCUT2D eigenvalue weighted by atomic mass is 28.4. The van der Waals surface area contributed by atoms with Gasteiger partial charge < -0.3 is 13.9 Å². The van der Waals surface area contributed by atoms with Gasteiger partial charge in [0.05, 0.1) is 6.10 Å². The van der Waals surface area contributed by atoms with E-state index in [-0.39, 0.29) is 11.5 Å². The summed E-state index contributed by atoms with van der Waals surface area (Å²) in [7, 11) is -3.06. The largest absolute Gasteiger partial charge is 0.458 e. The van der Waals surface area contributed by atoms with Crippen molar-refractivity contribution < 1.29 is 18.7 Å². The number of nitrogens with zero attached hydrogens (tertiary/aromatic N) is 1. The van der Waals surface area contributed by atoms with Crippen molar-refractivity contribution in [3.8, 4) is 0 Å². The zero-order valence-electron chi connectivity index (χ0n) is 23.7. The monoisotopic (exact) mass is 550 g/mol. The molecule has 0 saturated carbocycles. The summed E-state index contributed by atoms with van der Waals surface area (Å²) in [5.74, 6) is -0.554. The number of ether oxygens (including phenoxy) is 2. The molecule has 208 valence electrons. The fourth-order valence-electron chi connectivity index (χ4n) is 5.21. The Morgan fingerprint density at radius 3 is 1.97 bits per heavy atom. The maximum atomic E-state index is 13.5. The van der Waals surface area contributed by atoms with E-state index >= 15 is 0 Å². The number of aromatic nitrogens is 2. The van der Waals surface area contributed by atoms with Gasteiger partial charge in [-0.2, -0.15) is 0 Å². The Hall–Kier alpha value is -3.27. The van der Waals surface area contributed by atoms with Crippen LogP contribution in [0, 0.1) is 6.92 Å². The summed E-state index contributed by atoms with van der Waals surface area (Å²) in [5, 5.41) is 1.79.